The van der Waals surface area contributed by atoms with Gasteiger partial charge in [-0.25, -0.2) is 14.3 Å². The molecule has 5 nitrogen and oxygen atoms in total. The van der Waals surface area contributed by atoms with Crippen LogP contribution in [-0.2, 0) is 4.74 Å². The third-order valence-corrected chi connectivity index (χ3v) is 4.30. The fourth-order valence-electron chi connectivity index (χ4n) is 2.10. The summed E-state index contributed by atoms with van der Waals surface area (Å²) in [5, 5.41) is 5.23. The molecule has 0 saturated carbocycles. The minimum atomic E-state index is -0.454. The monoisotopic (exact) mass is 413 g/mol. The van der Waals surface area contributed by atoms with Crippen molar-refractivity contribution in [2.75, 3.05) is 6.61 Å². The van der Waals surface area contributed by atoms with Gasteiger partial charge in [0.2, 0.25) is 0 Å². The lowest BCUT2D eigenvalue weighted by Crippen LogP contribution is -2.08. The van der Waals surface area contributed by atoms with E-state index < -0.39 is 5.97 Å². The van der Waals surface area contributed by atoms with E-state index in [1.54, 1.807) is 35.8 Å². The number of fused-ring (bicyclic) bond motifs is 1. The van der Waals surface area contributed by atoms with Crippen LogP contribution in [0.25, 0.3) is 16.9 Å². The number of hydrogen-bond acceptors (Lipinski definition) is 4. The first kappa shape index (κ1) is 16.2. The maximum Gasteiger partial charge on any atom is 0.341 e. The zero-order valence-electron chi connectivity index (χ0n) is 11.9. The van der Waals surface area contributed by atoms with E-state index in [1.807, 2.05) is 0 Å². The molecule has 0 aliphatic carbocycles. The summed E-state index contributed by atoms with van der Waals surface area (Å²) in [6, 6.07) is 5.17. The molecule has 0 saturated heterocycles. The topological polar surface area (TPSA) is 56.5 Å². The van der Waals surface area contributed by atoms with Gasteiger partial charge in [0.25, 0.3) is 0 Å². The molecule has 1 aromatic carbocycles. The van der Waals surface area contributed by atoms with Crippen molar-refractivity contribution < 1.29 is 9.53 Å². The Balaban J connectivity index is 2.12. The highest BCUT2D eigenvalue weighted by molar-refractivity contribution is 9.10. The van der Waals surface area contributed by atoms with Crippen LogP contribution in [0.4, 0.5) is 0 Å². The normalized spacial score (nSPS) is 11.0. The van der Waals surface area contributed by atoms with Crippen LogP contribution >= 0.6 is 39.1 Å². The largest absolute Gasteiger partial charge is 0.462 e. The Morgan fingerprint density at radius 3 is 2.65 bits per heavy atom. The van der Waals surface area contributed by atoms with Crippen molar-refractivity contribution in [2.45, 2.75) is 6.92 Å². The van der Waals surface area contributed by atoms with Crippen molar-refractivity contribution in [3.8, 4) is 11.3 Å². The molecule has 0 aliphatic heterocycles. The average molecular weight is 415 g/mol. The maximum atomic E-state index is 11.9. The van der Waals surface area contributed by atoms with Gasteiger partial charge < -0.3 is 4.74 Å². The predicted molar refractivity (Wildman–Crippen MR) is 92.1 cm³/mol. The summed E-state index contributed by atoms with van der Waals surface area (Å²) >= 11 is 15.4. The number of benzene rings is 1. The van der Waals surface area contributed by atoms with Crippen molar-refractivity contribution in [3.63, 3.8) is 0 Å². The number of rotatable bonds is 3. The zero-order valence-corrected chi connectivity index (χ0v) is 15.0. The van der Waals surface area contributed by atoms with Crippen molar-refractivity contribution in [2.24, 2.45) is 0 Å². The summed E-state index contributed by atoms with van der Waals surface area (Å²) in [6.45, 7) is 2.03. The third-order valence-electron chi connectivity index (χ3n) is 3.09. The minimum Gasteiger partial charge on any atom is -0.462 e. The molecule has 0 bridgehead atoms. The van der Waals surface area contributed by atoms with E-state index in [1.165, 1.54) is 6.20 Å². The summed E-state index contributed by atoms with van der Waals surface area (Å²) in [5.41, 5.74) is 2.23. The Bertz CT molecular complexity index is 891. The summed E-state index contributed by atoms with van der Waals surface area (Å²) in [4.78, 5) is 16.4. The van der Waals surface area contributed by atoms with Gasteiger partial charge in [-0.2, -0.15) is 5.10 Å². The second-order valence-corrected chi connectivity index (χ2v) is 6.31. The van der Waals surface area contributed by atoms with Crippen LogP contribution in [0, 0.1) is 0 Å². The highest BCUT2D eigenvalue weighted by atomic mass is 79.9. The summed E-state index contributed by atoms with van der Waals surface area (Å²) < 4.78 is 7.08. The Morgan fingerprint density at radius 2 is 2.00 bits per heavy atom. The van der Waals surface area contributed by atoms with E-state index in [0.29, 0.717) is 31.4 Å². The van der Waals surface area contributed by atoms with Gasteiger partial charge in [0.1, 0.15) is 0 Å². The van der Waals surface area contributed by atoms with Crippen molar-refractivity contribution in [1.82, 2.24) is 14.6 Å². The second-order valence-electron chi connectivity index (χ2n) is 4.65. The van der Waals surface area contributed by atoms with Crippen LogP contribution in [0.5, 0.6) is 0 Å². The number of carbonyl (C=O) groups is 1. The van der Waals surface area contributed by atoms with Gasteiger partial charge >= 0.3 is 5.97 Å². The number of carbonyl (C=O) groups excluding carboxylic acids is 1. The lowest BCUT2D eigenvalue weighted by Gasteiger charge is -2.04. The molecule has 2 heterocycles. The van der Waals surface area contributed by atoms with Gasteiger partial charge in [-0.1, -0.05) is 23.2 Å². The summed E-state index contributed by atoms with van der Waals surface area (Å²) in [5.74, 6) is -0.454. The number of imidazole rings is 1. The number of esters is 1. The Labute approximate surface area is 150 Å². The molecule has 0 unspecified atom stereocenters. The number of hydrogen-bond donors (Lipinski definition) is 0. The van der Waals surface area contributed by atoms with E-state index in [9.17, 15) is 4.79 Å². The molecular weight excluding hydrogens is 405 g/mol. The van der Waals surface area contributed by atoms with E-state index in [2.05, 4.69) is 26.0 Å². The first-order chi connectivity index (χ1) is 11.0. The van der Waals surface area contributed by atoms with Gasteiger partial charge in [-0.15, -0.1) is 0 Å². The second kappa shape index (κ2) is 6.47. The molecule has 3 rings (SSSR count). The molecule has 0 radical (unpaired) electrons. The molecule has 8 heteroatoms. The number of halogens is 3. The van der Waals surface area contributed by atoms with Crippen LogP contribution in [0.3, 0.4) is 0 Å². The molecular formula is C15H10BrCl2N3O2. The first-order valence-electron chi connectivity index (χ1n) is 6.67. The Hall–Kier alpha value is -1.63. The van der Waals surface area contributed by atoms with Crippen LogP contribution in [0.2, 0.25) is 10.0 Å². The smallest absolute Gasteiger partial charge is 0.341 e. The molecule has 23 heavy (non-hydrogen) atoms. The molecule has 0 fully saturated rings. The summed E-state index contributed by atoms with van der Waals surface area (Å²) in [6.07, 6.45) is 3.17. The van der Waals surface area contributed by atoms with Crippen LogP contribution < -0.4 is 0 Å². The first-order valence-corrected chi connectivity index (χ1v) is 8.22. The van der Waals surface area contributed by atoms with Gasteiger partial charge in [-0.3, -0.25) is 0 Å². The highest BCUT2D eigenvalue weighted by Gasteiger charge is 2.17. The maximum absolute atomic E-state index is 11.9. The Morgan fingerprint density at radius 1 is 1.30 bits per heavy atom. The molecule has 0 atom stereocenters. The number of nitrogens with zero attached hydrogens (tertiary/aromatic N) is 3. The lowest BCUT2D eigenvalue weighted by molar-refractivity contribution is 0.0524. The Kier molecular flexibility index (Phi) is 4.57. The van der Waals surface area contributed by atoms with Gasteiger partial charge in [0, 0.05) is 15.6 Å². The van der Waals surface area contributed by atoms with Crippen molar-refractivity contribution >= 4 is 50.7 Å². The van der Waals surface area contributed by atoms with E-state index in [-0.39, 0.29) is 6.61 Å². The standard InChI is InChI=1S/C15H10BrCl2N3O2/c1-2-23-15(22)11-6-19-21-7-12(20-14(21)13(11)16)8-3-9(17)5-10(18)4-8/h3-7H,2H2,1H3. The number of aromatic nitrogens is 3. The lowest BCUT2D eigenvalue weighted by atomic mass is 10.2. The van der Waals surface area contributed by atoms with E-state index in [0.717, 1.165) is 5.56 Å². The van der Waals surface area contributed by atoms with Gasteiger partial charge in [0.05, 0.1) is 34.7 Å². The quantitative estimate of drug-likeness (QED) is 0.585. The van der Waals surface area contributed by atoms with E-state index in [4.69, 9.17) is 27.9 Å². The molecule has 0 aliphatic rings. The SMILES string of the molecule is CCOC(=O)c1cnn2cc(-c3cc(Cl)cc(Cl)c3)nc2c1Br. The van der Waals surface area contributed by atoms with Crippen LogP contribution in [0.1, 0.15) is 17.3 Å². The fourth-order valence-corrected chi connectivity index (χ4v) is 3.16. The third kappa shape index (κ3) is 3.20. The van der Waals surface area contributed by atoms with Crippen molar-refractivity contribution in [1.29, 1.82) is 0 Å². The molecule has 118 valence electrons. The zero-order chi connectivity index (χ0) is 16.6. The van der Waals surface area contributed by atoms with Gasteiger partial charge in [-0.05, 0) is 41.1 Å². The highest BCUT2D eigenvalue weighted by Crippen LogP contribution is 2.29. The van der Waals surface area contributed by atoms with Crippen LogP contribution in [0.15, 0.2) is 35.1 Å². The molecule has 3 aromatic rings. The van der Waals surface area contributed by atoms with Gasteiger partial charge in [0.15, 0.2) is 5.65 Å². The number of ether oxygens (including phenoxy) is 1. The fraction of sp³-hybridized carbons (Fsp3) is 0.133. The summed E-state index contributed by atoms with van der Waals surface area (Å²) in [7, 11) is 0. The molecule has 0 amide bonds. The average Bonchev–Trinajstić information content (AvgIpc) is 2.92. The van der Waals surface area contributed by atoms with Crippen LogP contribution in [-0.4, -0.2) is 27.2 Å². The molecule has 0 spiro atoms. The van der Waals surface area contributed by atoms with Crippen molar-refractivity contribution in [3.05, 3.63) is 50.7 Å². The molecule has 0 N–H and O–H groups in total. The predicted octanol–water partition coefficient (Wildman–Crippen LogP) is 4.64. The minimum absolute atomic E-state index is 0.289. The van der Waals surface area contributed by atoms with E-state index >= 15 is 0 Å². The molecule has 2 aromatic heterocycles.